The molecule has 1 amide bonds. The Labute approximate surface area is 188 Å². The van der Waals surface area contributed by atoms with Crippen molar-refractivity contribution < 1.29 is 26.4 Å². The van der Waals surface area contributed by atoms with E-state index in [0.717, 1.165) is 16.8 Å². The van der Waals surface area contributed by atoms with E-state index in [1.54, 1.807) is 25.1 Å². The Bertz CT molecular complexity index is 1160. The van der Waals surface area contributed by atoms with Crippen LogP contribution in [0.5, 0.6) is 5.75 Å². The number of nitrogens with one attached hydrogen (secondary N) is 1. The predicted molar refractivity (Wildman–Crippen MR) is 121 cm³/mol. The van der Waals surface area contributed by atoms with Gasteiger partial charge in [-0.2, -0.15) is 0 Å². The van der Waals surface area contributed by atoms with E-state index in [1.807, 2.05) is 0 Å². The molecule has 1 N–H and O–H groups in total. The Morgan fingerprint density at radius 3 is 2.10 bits per heavy atom. The first kappa shape index (κ1) is 25.0. The Hall–Kier alpha value is -2.30. The van der Waals surface area contributed by atoms with Gasteiger partial charge in [0.1, 0.15) is 11.8 Å². The first-order valence-electron chi connectivity index (χ1n) is 9.19. The van der Waals surface area contributed by atoms with Crippen LogP contribution in [0.2, 0.25) is 5.02 Å². The van der Waals surface area contributed by atoms with Crippen molar-refractivity contribution in [1.82, 2.24) is 5.32 Å². The number of nitrogens with zero attached hydrogens (tertiary/aromatic N) is 1. The number of carbonyl (C=O) groups excluding carboxylic acids is 1. The molecule has 0 aliphatic carbocycles. The Morgan fingerprint density at radius 2 is 1.61 bits per heavy atom. The topological polar surface area (TPSA) is 110 Å². The molecule has 2 atom stereocenters. The van der Waals surface area contributed by atoms with Gasteiger partial charge >= 0.3 is 0 Å². The van der Waals surface area contributed by atoms with Gasteiger partial charge in [0.15, 0.2) is 9.84 Å². The molecule has 0 aromatic heterocycles. The number of ether oxygens (including phenoxy) is 1. The number of rotatable bonds is 8. The first-order chi connectivity index (χ1) is 14.3. The van der Waals surface area contributed by atoms with Gasteiger partial charge in [-0.15, -0.1) is 0 Å². The minimum Gasteiger partial charge on any atom is -0.495 e. The summed E-state index contributed by atoms with van der Waals surface area (Å²) in [5.41, 5.74) is 0.810. The van der Waals surface area contributed by atoms with Gasteiger partial charge in [0.05, 0.1) is 30.0 Å². The average Bonchev–Trinajstić information content (AvgIpc) is 2.66. The van der Waals surface area contributed by atoms with Crippen molar-refractivity contribution in [3.05, 3.63) is 53.1 Å². The summed E-state index contributed by atoms with van der Waals surface area (Å²) in [7, 11) is -5.81. The van der Waals surface area contributed by atoms with Crippen LogP contribution in [-0.4, -0.2) is 48.4 Å². The van der Waals surface area contributed by atoms with E-state index in [0.29, 0.717) is 5.56 Å². The molecule has 0 spiro atoms. The third kappa shape index (κ3) is 6.11. The zero-order chi connectivity index (χ0) is 23.6. The van der Waals surface area contributed by atoms with Crippen LogP contribution in [0.1, 0.15) is 25.5 Å². The van der Waals surface area contributed by atoms with Crippen molar-refractivity contribution >= 4 is 43.1 Å². The van der Waals surface area contributed by atoms with Crippen LogP contribution in [0.25, 0.3) is 0 Å². The van der Waals surface area contributed by atoms with Crippen molar-refractivity contribution in [2.45, 2.75) is 30.8 Å². The molecule has 8 nitrogen and oxygen atoms in total. The Kier molecular flexibility index (Phi) is 7.61. The van der Waals surface area contributed by atoms with Gasteiger partial charge in [0.25, 0.3) is 0 Å². The highest BCUT2D eigenvalue weighted by molar-refractivity contribution is 7.92. The summed E-state index contributed by atoms with van der Waals surface area (Å²) in [6.07, 6.45) is 2.10. The summed E-state index contributed by atoms with van der Waals surface area (Å²) in [6.45, 7) is 3.17. The quantitative estimate of drug-likeness (QED) is 0.611. The molecule has 11 heteroatoms. The first-order valence-corrected chi connectivity index (χ1v) is 13.3. The highest BCUT2D eigenvalue weighted by atomic mass is 35.5. The van der Waals surface area contributed by atoms with E-state index in [-0.39, 0.29) is 21.4 Å². The van der Waals surface area contributed by atoms with Crippen LogP contribution in [0.15, 0.2) is 47.4 Å². The molecule has 170 valence electrons. The molecule has 0 unspecified atom stereocenters. The number of amides is 1. The maximum atomic E-state index is 12.9. The lowest BCUT2D eigenvalue weighted by Gasteiger charge is -2.30. The molecule has 0 saturated carbocycles. The summed E-state index contributed by atoms with van der Waals surface area (Å²) < 4.78 is 54.5. The van der Waals surface area contributed by atoms with Gasteiger partial charge in [-0.05, 0) is 49.7 Å². The minimum atomic E-state index is -3.87. The van der Waals surface area contributed by atoms with E-state index in [1.165, 1.54) is 38.3 Å². The monoisotopic (exact) mass is 488 g/mol. The molecule has 2 aromatic rings. The van der Waals surface area contributed by atoms with Gasteiger partial charge in [0.2, 0.25) is 15.9 Å². The lowest BCUT2D eigenvalue weighted by Crippen LogP contribution is -2.48. The van der Waals surface area contributed by atoms with Crippen LogP contribution in [0.3, 0.4) is 0 Å². The smallest absolute Gasteiger partial charge is 0.244 e. The van der Waals surface area contributed by atoms with Gasteiger partial charge in [-0.3, -0.25) is 9.10 Å². The number of sulfonamides is 1. The van der Waals surface area contributed by atoms with Crippen molar-refractivity contribution in [3.8, 4) is 5.75 Å². The maximum Gasteiger partial charge on any atom is 0.244 e. The summed E-state index contributed by atoms with van der Waals surface area (Å²) >= 11 is 6.04. The number of methoxy groups -OCH3 is 1. The summed E-state index contributed by atoms with van der Waals surface area (Å²) in [4.78, 5) is 13.1. The second kappa shape index (κ2) is 9.46. The fraction of sp³-hybridized carbons (Fsp3) is 0.350. The maximum absolute atomic E-state index is 12.9. The molecular formula is C20H25ClN2O6S2. The highest BCUT2D eigenvalue weighted by Gasteiger charge is 2.32. The summed E-state index contributed by atoms with van der Waals surface area (Å²) in [5.74, 6) is -0.300. The molecule has 31 heavy (non-hydrogen) atoms. The number of anilines is 1. The normalized spacial score (nSPS) is 13.9. The Morgan fingerprint density at radius 1 is 1.03 bits per heavy atom. The van der Waals surface area contributed by atoms with Crippen LogP contribution in [0, 0.1) is 0 Å². The van der Waals surface area contributed by atoms with Crippen molar-refractivity contribution in [2.24, 2.45) is 0 Å². The van der Waals surface area contributed by atoms with E-state index in [9.17, 15) is 21.6 Å². The Balaban J connectivity index is 2.31. The van der Waals surface area contributed by atoms with Crippen LogP contribution in [-0.2, 0) is 24.7 Å². The number of hydrogen-bond acceptors (Lipinski definition) is 6. The van der Waals surface area contributed by atoms with Crippen LogP contribution in [0.4, 0.5) is 5.69 Å². The molecular weight excluding hydrogens is 464 g/mol. The van der Waals surface area contributed by atoms with Crippen LogP contribution >= 0.6 is 11.6 Å². The van der Waals surface area contributed by atoms with E-state index < -0.39 is 37.9 Å². The fourth-order valence-corrected chi connectivity index (χ4v) is 5.00. The third-order valence-electron chi connectivity index (χ3n) is 4.63. The van der Waals surface area contributed by atoms with E-state index in [2.05, 4.69) is 5.32 Å². The second-order valence-electron chi connectivity index (χ2n) is 7.12. The summed E-state index contributed by atoms with van der Waals surface area (Å²) in [5, 5.41) is 3.05. The fourth-order valence-electron chi connectivity index (χ4n) is 3.04. The second-order valence-corrected chi connectivity index (χ2v) is 11.4. The molecule has 0 fully saturated rings. The minimum absolute atomic E-state index is 0.144. The number of benzene rings is 2. The van der Waals surface area contributed by atoms with Crippen molar-refractivity contribution in [2.75, 3.05) is 23.9 Å². The number of carbonyl (C=O) groups is 1. The van der Waals surface area contributed by atoms with E-state index >= 15 is 0 Å². The molecule has 0 saturated heterocycles. The third-order valence-corrected chi connectivity index (χ3v) is 7.22. The van der Waals surface area contributed by atoms with Gasteiger partial charge in [-0.25, -0.2) is 16.8 Å². The number of halogens is 1. The van der Waals surface area contributed by atoms with Gasteiger partial charge in [-0.1, -0.05) is 23.7 Å². The molecule has 2 aromatic carbocycles. The standard InChI is InChI=1S/C20H25ClN2O6S2/c1-13(15-6-9-17(10-7-15)30(4,25)26)22-20(24)14(2)23(31(5,27)28)18-12-16(21)8-11-19(18)29-3/h6-14H,1-5H3,(H,22,24)/t13-,14+/m0/s1. The zero-order valence-corrected chi connectivity index (χ0v) is 20.2. The average molecular weight is 489 g/mol. The molecule has 2 rings (SSSR count). The number of hydrogen-bond donors (Lipinski definition) is 1. The molecule has 0 heterocycles. The zero-order valence-electron chi connectivity index (χ0n) is 17.8. The molecule has 0 aliphatic rings. The van der Waals surface area contributed by atoms with Gasteiger partial charge in [0, 0.05) is 11.3 Å². The molecule has 0 radical (unpaired) electrons. The molecule has 0 bridgehead atoms. The largest absolute Gasteiger partial charge is 0.495 e. The van der Waals surface area contributed by atoms with Crippen molar-refractivity contribution in [3.63, 3.8) is 0 Å². The summed E-state index contributed by atoms with van der Waals surface area (Å²) in [6, 6.07) is 8.99. The predicted octanol–water partition coefficient (Wildman–Crippen LogP) is 2.78. The highest BCUT2D eigenvalue weighted by Crippen LogP contribution is 2.34. The lowest BCUT2D eigenvalue weighted by atomic mass is 10.1. The van der Waals surface area contributed by atoms with Gasteiger partial charge < -0.3 is 10.1 Å². The van der Waals surface area contributed by atoms with Crippen LogP contribution < -0.4 is 14.4 Å². The number of sulfone groups is 1. The van der Waals surface area contributed by atoms with Crippen molar-refractivity contribution in [1.29, 1.82) is 0 Å². The lowest BCUT2D eigenvalue weighted by molar-refractivity contribution is -0.122. The van der Waals surface area contributed by atoms with E-state index in [4.69, 9.17) is 16.3 Å². The molecule has 0 aliphatic heterocycles. The SMILES string of the molecule is COc1ccc(Cl)cc1N([C@H](C)C(=O)N[C@@H](C)c1ccc(S(C)(=O)=O)cc1)S(C)(=O)=O.